The number of anilines is 1. The minimum atomic E-state index is 0.0863. The van der Waals surface area contributed by atoms with E-state index in [0.29, 0.717) is 11.3 Å². The van der Waals surface area contributed by atoms with E-state index in [2.05, 4.69) is 20.2 Å². The summed E-state index contributed by atoms with van der Waals surface area (Å²) in [5.74, 6) is 1.91. The molecule has 0 spiro atoms. The second-order valence-electron chi connectivity index (χ2n) is 8.32. The van der Waals surface area contributed by atoms with Crippen LogP contribution in [-0.2, 0) is 19.4 Å². The molecule has 1 aromatic carbocycles. The second-order valence-corrected chi connectivity index (χ2v) is 8.65. The van der Waals surface area contributed by atoms with Crippen molar-refractivity contribution in [1.29, 1.82) is 0 Å². The number of rotatable bonds is 6. The fraction of sp³-hybridized carbons (Fsp3) is 0.545. The molecule has 1 aromatic heterocycles. The topological polar surface area (TPSA) is 70.5 Å². The summed E-state index contributed by atoms with van der Waals surface area (Å²) in [6, 6.07) is 5.91. The number of phenolic OH excluding ortho intramolecular Hbond substituents is 1. The summed E-state index contributed by atoms with van der Waals surface area (Å²) in [6.07, 6.45) is 5.34. The average Bonchev–Trinajstić information content (AvgIpc) is 3.11. The van der Waals surface area contributed by atoms with E-state index in [0.717, 1.165) is 74.6 Å². The molecule has 0 amide bonds. The third kappa shape index (κ3) is 5.11. The molecule has 2 heterocycles. The minimum absolute atomic E-state index is 0.0863. The Kier molecular flexibility index (Phi) is 6.11. The number of hydrogen-bond acceptors (Lipinski definition) is 6. The summed E-state index contributed by atoms with van der Waals surface area (Å²) in [4.78, 5) is 11.3. The molecule has 6 nitrogen and oxygen atoms in total. The molecule has 1 aliphatic carbocycles. The molecule has 2 N–H and O–H groups in total. The lowest BCUT2D eigenvalue weighted by Crippen LogP contribution is -2.39. The number of piperidine rings is 1. The van der Waals surface area contributed by atoms with Gasteiger partial charge in [0.15, 0.2) is 0 Å². The molecule has 7 heteroatoms. The van der Waals surface area contributed by atoms with Crippen LogP contribution in [-0.4, -0.2) is 45.2 Å². The molecule has 0 unspecified atom stereocenters. The standard InChI is InChI=1S/C22H29ClN4O2/c1-14(2)29-18-11-15(10-17(28)12-18)13-27-8-6-16(7-9-27)24-21-19-4-3-5-20(19)25-22(23)26-21/h10-12,14,16,28H,3-9,13H2,1-2H3,(H,24,25,26). The van der Waals surface area contributed by atoms with Crippen LogP contribution < -0.4 is 10.1 Å². The summed E-state index contributed by atoms with van der Waals surface area (Å²) in [7, 11) is 0. The first-order chi connectivity index (χ1) is 14.0. The Hall–Kier alpha value is -2.05. The summed E-state index contributed by atoms with van der Waals surface area (Å²) < 4.78 is 5.74. The van der Waals surface area contributed by atoms with E-state index < -0.39 is 0 Å². The third-order valence-corrected chi connectivity index (χ3v) is 5.73. The van der Waals surface area contributed by atoms with Gasteiger partial charge in [0.2, 0.25) is 5.28 Å². The Morgan fingerprint density at radius 1 is 1.21 bits per heavy atom. The van der Waals surface area contributed by atoms with E-state index in [9.17, 15) is 5.11 Å². The quantitative estimate of drug-likeness (QED) is 0.688. The van der Waals surface area contributed by atoms with Gasteiger partial charge in [0.1, 0.15) is 17.3 Å². The molecule has 0 saturated carbocycles. The molecule has 1 aliphatic heterocycles. The van der Waals surface area contributed by atoms with Gasteiger partial charge in [-0.15, -0.1) is 0 Å². The van der Waals surface area contributed by atoms with Crippen LogP contribution in [0.15, 0.2) is 18.2 Å². The number of nitrogens with zero attached hydrogens (tertiary/aromatic N) is 3. The Labute approximate surface area is 177 Å². The van der Waals surface area contributed by atoms with E-state index in [-0.39, 0.29) is 11.9 Å². The highest BCUT2D eigenvalue weighted by Gasteiger charge is 2.24. The Morgan fingerprint density at radius 3 is 2.76 bits per heavy atom. The van der Waals surface area contributed by atoms with Gasteiger partial charge in [-0.1, -0.05) is 0 Å². The van der Waals surface area contributed by atoms with E-state index in [4.69, 9.17) is 16.3 Å². The van der Waals surface area contributed by atoms with Crippen molar-refractivity contribution in [3.8, 4) is 11.5 Å². The molecule has 0 atom stereocenters. The van der Waals surface area contributed by atoms with Crippen molar-refractivity contribution in [2.24, 2.45) is 0 Å². The molecule has 156 valence electrons. The first-order valence-electron chi connectivity index (χ1n) is 10.5. The maximum atomic E-state index is 10.0. The molecule has 29 heavy (non-hydrogen) atoms. The fourth-order valence-corrected chi connectivity index (χ4v) is 4.47. The molecule has 4 rings (SSSR count). The molecule has 1 fully saturated rings. The van der Waals surface area contributed by atoms with E-state index in [1.807, 2.05) is 26.0 Å². The van der Waals surface area contributed by atoms with E-state index >= 15 is 0 Å². The summed E-state index contributed by atoms with van der Waals surface area (Å²) in [5.41, 5.74) is 3.43. The van der Waals surface area contributed by atoms with E-state index in [1.165, 1.54) is 5.56 Å². The Balaban J connectivity index is 1.34. The molecule has 0 bridgehead atoms. The van der Waals surface area contributed by atoms with Gasteiger partial charge in [0, 0.05) is 37.3 Å². The predicted molar refractivity (Wildman–Crippen MR) is 115 cm³/mol. The first-order valence-corrected chi connectivity index (χ1v) is 10.9. The number of aromatic nitrogens is 2. The van der Waals surface area contributed by atoms with Gasteiger partial charge in [0.25, 0.3) is 0 Å². The smallest absolute Gasteiger partial charge is 0.224 e. The van der Waals surface area contributed by atoms with Gasteiger partial charge in [-0.25, -0.2) is 9.97 Å². The van der Waals surface area contributed by atoms with Crippen molar-refractivity contribution in [2.45, 2.75) is 64.6 Å². The Morgan fingerprint density at radius 2 is 2.00 bits per heavy atom. The fourth-order valence-electron chi connectivity index (χ4n) is 4.28. The van der Waals surface area contributed by atoms with Crippen LogP contribution >= 0.6 is 11.6 Å². The number of aromatic hydroxyl groups is 1. The van der Waals surface area contributed by atoms with E-state index in [1.54, 1.807) is 6.07 Å². The van der Waals surface area contributed by atoms with Gasteiger partial charge in [-0.05, 0) is 75.2 Å². The number of ether oxygens (including phenoxy) is 1. The lowest BCUT2D eigenvalue weighted by molar-refractivity contribution is 0.209. The highest BCUT2D eigenvalue weighted by Crippen LogP contribution is 2.29. The van der Waals surface area contributed by atoms with Gasteiger partial charge < -0.3 is 15.2 Å². The minimum Gasteiger partial charge on any atom is -0.508 e. The molecule has 1 saturated heterocycles. The number of phenols is 1. The van der Waals surface area contributed by atoms with Crippen molar-refractivity contribution >= 4 is 17.4 Å². The van der Waals surface area contributed by atoms with Gasteiger partial charge in [0.05, 0.1) is 11.8 Å². The average molecular weight is 417 g/mol. The van der Waals surface area contributed by atoms with Crippen molar-refractivity contribution < 1.29 is 9.84 Å². The molecular weight excluding hydrogens is 388 g/mol. The maximum absolute atomic E-state index is 10.0. The SMILES string of the molecule is CC(C)Oc1cc(O)cc(CN2CCC(Nc3nc(Cl)nc4c3CCC4)CC2)c1. The van der Waals surface area contributed by atoms with Crippen LogP contribution in [0.1, 0.15) is 49.9 Å². The lowest BCUT2D eigenvalue weighted by atomic mass is 10.0. The lowest BCUT2D eigenvalue weighted by Gasteiger charge is -2.33. The van der Waals surface area contributed by atoms with Gasteiger partial charge in [-0.2, -0.15) is 0 Å². The van der Waals surface area contributed by atoms with Crippen molar-refractivity contribution in [2.75, 3.05) is 18.4 Å². The third-order valence-electron chi connectivity index (χ3n) is 5.56. The summed E-state index contributed by atoms with van der Waals surface area (Å²) in [5, 5.41) is 14.0. The van der Waals surface area contributed by atoms with Crippen molar-refractivity contribution in [1.82, 2.24) is 14.9 Å². The number of fused-ring (bicyclic) bond motifs is 1. The van der Waals surface area contributed by atoms with Crippen LogP contribution in [0.2, 0.25) is 5.28 Å². The zero-order valence-corrected chi connectivity index (χ0v) is 17.9. The molecular formula is C22H29ClN4O2. The predicted octanol–water partition coefficient (Wildman–Crippen LogP) is 4.19. The second kappa shape index (κ2) is 8.76. The monoisotopic (exact) mass is 416 g/mol. The first kappa shape index (κ1) is 20.2. The van der Waals surface area contributed by atoms with Crippen LogP contribution in [0, 0.1) is 0 Å². The van der Waals surface area contributed by atoms with Crippen LogP contribution in [0.25, 0.3) is 0 Å². The number of likely N-dealkylation sites (tertiary alicyclic amines) is 1. The van der Waals surface area contributed by atoms with Crippen LogP contribution in [0.3, 0.4) is 0 Å². The van der Waals surface area contributed by atoms with Crippen molar-refractivity contribution in [3.05, 3.63) is 40.3 Å². The number of aryl methyl sites for hydroxylation is 1. The largest absolute Gasteiger partial charge is 0.508 e. The number of nitrogens with one attached hydrogen (secondary N) is 1. The molecule has 0 radical (unpaired) electrons. The van der Waals surface area contributed by atoms with Gasteiger partial charge >= 0.3 is 0 Å². The number of halogens is 1. The maximum Gasteiger partial charge on any atom is 0.224 e. The zero-order valence-electron chi connectivity index (χ0n) is 17.1. The van der Waals surface area contributed by atoms with Crippen LogP contribution in [0.5, 0.6) is 11.5 Å². The molecule has 2 aromatic rings. The normalized spacial score (nSPS) is 17.5. The van der Waals surface area contributed by atoms with Crippen molar-refractivity contribution in [3.63, 3.8) is 0 Å². The summed E-state index contributed by atoms with van der Waals surface area (Å²) >= 11 is 6.12. The summed E-state index contributed by atoms with van der Waals surface area (Å²) in [6.45, 7) is 6.77. The highest BCUT2D eigenvalue weighted by atomic mass is 35.5. The van der Waals surface area contributed by atoms with Gasteiger partial charge in [-0.3, -0.25) is 4.90 Å². The number of hydrogen-bond donors (Lipinski definition) is 2. The highest BCUT2D eigenvalue weighted by molar-refractivity contribution is 6.28. The molecule has 2 aliphatic rings. The van der Waals surface area contributed by atoms with Crippen LogP contribution in [0.4, 0.5) is 5.82 Å². The Bertz CT molecular complexity index is 866. The number of benzene rings is 1. The zero-order chi connectivity index (χ0) is 20.4.